The molecule has 162 valence electrons. The fourth-order valence-electron chi connectivity index (χ4n) is 5.20. The molecule has 4 rings (SSSR count). The molecule has 2 aliphatic rings. The number of para-hydroxylation sites is 1. The van der Waals surface area contributed by atoms with Gasteiger partial charge in [-0.3, -0.25) is 9.59 Å². The minimum atomic E-state index is -1.28. The summed E-state index contributed by atoms with van der Waals surface area (Å²) in [5, 5.41) is 1.71. The molecule has 0 aromatic heterocycles. The van der Waals surface area contributed by atoms with Gasteiger partial charge in [0.2, 0.25) is 17.4 Å². The van der Waals surface area contributed by atoms with Crippen LogP contribution in [0.3, 0.4) is 0 Å². The van der Waals surface area contributed by atoms with Crippen molar-refractivity contribution in [2.45, 2.75) is 38.3 Å². The van der Waals surface area contributed by atoms with Crippen molar-refractivity contribution in [1.82, 2.24) is 0 Å². The molecule has 2 aromatic carbocycles. The maximum absolute atomic E-state index is 14.8. The summed E-state index contributed by atoms with van der Waals surface area (Å²) in [7, 11) is 0. The van der Waals surface area contributed by atoms with Crippen LogP contribution in [0.4, 0.5) is 10.1 Å². The third kappa shape index (κ3) is 3.24. The number of nitrogens with two attached hydrogens (primary N) is 1. The van der Waals surface area contributed by atoms with E-state index in [1.54, 1.807) is 60.8 Å². The Labute approximate surface area is 180 Å². The Bertz CT molecular complexity index is 1010. The first-order valence-corrected chi connectivity index (χ1v) is 10.7. The summed E-state index contributed by atoms with van der Waals surface area (Å²) in [6, 6.07) is 14.2. The number of carbonyl (C=O) groups excluding carboxylic acids is 3. The number of benzene rings is 2. The van der Waals surface area contributed by atoms with Crippen molar-refractivity contribution < 1.29 is 28.8 Å². The molecule has 2 heterocycles. The summed E-state index contributed by atoms with van der Waals surface area (Å²) >= 11 is 0. The maximum atomic E-state index is 14.8. The lowest BCUT2D eigenvalue weighted by molar-refractivity contribution is -0.735. The van der Waals surface area contributed by atoms with E-state index in [9.17, 15) is 18.8 Å². The number of amides is 2. The lowest BCUT2D eigenvalue weighted by Crippen LogP contribution is -2.98. The third-order valence-electron chi connectivity index (χ3n) is 6.37. The summed E-state index contributed by atoms with van der Waals surface area (Å²) in [6.45, 7) is 3.77. The smallest absolute Gasteiger partial charge is 0.368 e. The van der Waals surface area contributed by atoms with E-state index in [2.05, 4.69) is 0 Å². The molecule has 2 amide bonds. The maximum Gasteiger partial charge on any atom is 0.368 e. The predicted molar refractivity (Wildman–Crippen MR) is 111 cm³/mol. The Morgan fingerprint density at radius 2 is 1.74 bits per heavy atom. The number of ether oxygens (including phenoxy) is 1. The molecule has 0 spiro atoms. The Morgan fingerprint density at radius 1 is 1.06 bits per heavy atom. The van der Waals surface area contributed by atoms with Crippen molar-refractivity contribution in [3.63, 3.8) is 0 Å². The normalized spacial score (nSPS) is 27.5. The van der Waals surface area contributed by atoms with Crippen LogP contribution < -0.4 is 10.2 Å². The lowest BCUT2D eigenvalue weighted by Gasteiger charge is -2.29. The van der Waals surface area contributed by atoms with Gasteiger partial charge in [0.25, 0.3) is 0 Å². The molecule has 0 saturated carbocycles. The number of imide groups is 1. The first kappa shape index (κ1) is 21.2. The highest BCUT2D eigenvalue weighted by molar-refractivity contribution is 6.23. The first-order chi connectivity index (χ1) is 15.0. The van der Waals surface area contributed by atoms with Crippen LogP contribution >= 0.6 is 0 Å². The van der Waals surface area contributed by atoms with Gasteiger partial charge in [-0.15, -0.1) is 0 Å². The van der Waals surface area contributed by atoms with Crippen molar-refractivity contribution in [2.24, 2.45) is 11.8 Å². The van der Waals surface area contributed by atoms with Crippen LogP contribution in [0.5, 0.6) is 0 Å². The topological polar surface area (TPSA) is 80.3 Å². The van der Waals surface area contributed by atoms with E-state index < -0.39 is 47.0 Å². The molecule has 0 radical (unpaired) electrons. The van der Waals surface area contributed by atoms with E-state index >= 15 is 0 Å². The van der Waals surface area contributed by atoms with E-state index in [0.29, 0.717) is 24.1 Å². The van der Waals surface area contributed by atoms with Gasteiger partial charge in [-0.25, -0.2) is 14.1 Å². The molecule has 31 heavy (non-hydrogen) atoms. The molecule has 2 saturated heterocycles. The van der Waals surface area contributed by atoms with Gasteiger partial charge in [-0.05, 0) is 31.5 Å². The predicted octanol–water partition coefficient (Wildman–Crippen LogP) is 2.35. The number of quaternary nitrogens is 1. The highest BCUT2D eigenvalue weighted by Crippen LogP contribution is 2.47. The van der Waals surface area contributed by atoms with Crippen LogP contribution in [-0.2, 0) is 19.1 Å². The largest absolute Gasteiger partial charge is 0.461 e. The zero-order valence-corrected chi connectivity index (χ0v) is 17.6. The molecule has 0 bridgehead atoms. The van der Waals surface area contributed by atoms with E-state index in [1.165, 1.54) is 6.07 Å². The van der Waals surface area contributed by atoms with E-state index in [1.807, 2.05) is 6.92 Å². The summed E-state index contributed by atoms with van der Waals surface area (Å²) in [5.74, 6) is -3.62. The molecule has 2 aromatic rings. The van der Waals surface area contributed by atoms with E-state index in [4.69, 9.17) is 4.74 Å². The van der Waals surface area contributed by atoms with Gasteiger partial charge < -0.3 is 10.1 Å². The number of anilines is 1. The minimum absolute atomic E-state index is 0.157. The number of hydrogen-bond donors (Lipinski definition) is 1. The number of halogens is 1. The Morgan fingerprint density at radius 3 is 2.39 bits per heavy atom. The highest BCUT2D eigenvalue weighted by atomic mass is 19.1. The molecule has 0 unspecified atom stereocenters. The number of carbonyl (C=O) groups is 3. The van der Waals surface area contributed by atoms with Gasteiger partial charge in [0.05, 0.1) is 12.3 Å². The molecule has 0 aliphatic carbocycles. The van der Waals surface area contributed by atoms with Crippen molar-refractivity contribution >= 4 is 23.5 Å². The number of nitrogens with zero attached hydrogens (tertiary/aromatic N) is 1. The summed E-state index contributed by atoms with van der Waals surface area (Å²) in [4.78, 5) is 41.6. The van der Waals surface area contributed by atoms with Gasteiger partial charge >= 0.3 is 5.97 Å². The molecule has 2 fully saturated rings. The zero-order chi connectivity index (χ0) is 22.2. The van der Waals surface area contributed by atoms with Crippen molar-refractivity contribution in [3.8, 4) is 0 Å². The molecule has 6 nitrogen and oxygen atoms in total. The van der Waals surface area contributed by atoms with Crippen LogP contribution in [0.1, 0.15) is 38.3 Å². The monoisotopic (exact) mass is 425 g/mol. The zero-order valence-electron chi connectivity index (χ0n) is 17.6. The standard InChI is InChI=1S/C24H25FN2O4/c1-3-14-24(23(30)31-4-2)19-18(20(26-24)16-12-8-9-13-17(16)25)21(28)27(22(19)29)15-10-6-5-7-11-15/h5-13,18-20,26H,3-4,14H2,1-2H3/p+1/t18-,19-,20-,24-/m0/s1. The second-order valence-electron chi connectivity index (χ2n) is 8.08. The molecular weight excluding hydrogens is 399 g/mol. The summed E-state index contributed by atoms with van der Waals surface area (Å²) in [5.41, 5.74) is -0.511. The molecule has 7 heteroatoms. The average Bonchev–Trinajstić information content (AvgIpc) is 3.24. The van der Waals surface area contributed by atoms with Crippen LogP contribution in [0.15, 0.2) is 54.6 Å². The number of esters is 1. The fourth-order valence-corrected chi connectivity index (χ4v) is 5.20. The second kappa shape index (κ2) is 8.23. The number of rotatable bonds is 6. The summed E-state index contributed by atoms with van der Waals surface area (Å²) < 4.78 is 20.2. The quantitative estimate of drug-likeness (QED) is 0.569. The van der Waals surface area contributed by atoms with Crippen molar-refractivity contribution in [2.75, 3.05) is 11.5 Å². The first-order valence-electron chi connectivity index (χ1n) is 10.7. The third-order valence-corrected chi connectivity index (χ3v) is 6.37. The Kier molecular flexibility index (Phi) is 5.62. The average molecular weight is 425 g/mol. The molecule has 4 atom stereocenters. The molecular formula is C24H26FN2O4+. The van der Waals surface area contributed by atoms with Gasteiger partial charge in [0.15, 0.2) is 0 Å². The van der Waals surface area contributed by atoms with Crippen molar-refractivity contribution in [1.29, 1.82) is 0 Å². The number of hydrogen-bond acceptors (Lipinski definition) is 4. The molecule has 2 aliphatic heterocycles. The van der Waals surface area contributed by atoms with E-state index in [-0.39, 0.29) is 6.61 Å². The summed E-state index contributed by atoms with van der Waals surface area (Å²) in [6.07, 6.45) is 0.953. The van der Waals surface area contributed by atoms with Crippen LogP contribution in [0, 0.1) is 17.7 Å². The van der Waals surface area contributed by atoms with Gasteiger partial charge in [-0.1, -0.05) is 43.3 Å². The van der Waals surface area contributed by atoms with Gasteiger partial charge in [0.1, 0.15) is 23.7 Å². The van der Waals surface area contributed by atoms with Gasteiger partial charge in [-0.2, -0.15) is 0 Å². The van der Waals surface area contributed by atoms with Crippen molar-refractivity contribution in [3.05, 3.63) is 66.0 Å². The minimum Gasteiger partial charge on any atom is -0.461 e. The molecule has 2 N–H and O–H groups in total. The second-order valence-corrected chi connectivity index (χ2v) is 8.08. The number of fused-ring (bicyclic) bond motifs is 1. The van der Waals surface area contributed by atoms with Crippen LogP contribution in [0.25, 0.3) is 0 Å². The van der Waals surface area contributed by atoms with E-state index in [0.717, 1.165) is 4.90 Å². The van der Waals surface area contributed by atoms with Crippen LogP contribution in [0.2, 0.25) is 0 Å². The van der Waals surface area contributed by atoms with Gasteiger partial charge in [0, 0.05) is 12.0 Å². The lowest BCUT2D eigenvalue weighted by atomic mass is 9.77. The Hall–Kier alpha value is -3.06. The van der Waals surface area contributed by atoms with Crippen LogP contribution in [-0.4, -0.2) is 29.9 Å². The highest BCUT2D eigenvalue weighted by Gasteiger charge is 2.72. The Balaban J connectivity index is 1.88. The fraction of sp³-hybridized carbons (Fsp3) is 0.375. The SMILES string of the molecule is CCC[C@]1(C(=O)OCC)[NH2+][C@@H](c2ccccc2F)[C@H]2C(=O)N(c3ccccc3)C(=O)[C@H]21.